The number of hydrogen-bond acceptors (Lipinski definition) is 4. The second-order valence-electron chi connectivity index (χ2n) is 6.13. The molecule has 128 valence electrons. The van der Waals surface area contributed by atoms with Crippen LogP contribution >= 0.6 is 0 Å². The molecule has 6 heteroatoms. The summed E-state index contributed by atoms with van der Waals surface area (Å²) in [5, 5.41) is 9.92. The molecule has 0 radical (unpaired) electrons. The van der Waals surface area contributed by atoms with Crippen LogP contribution in [0.3, 0.4) is 0 Å². The molecule has 1 amide bonds. The molecule has 1 aliphatic heterocycles. The van der Waals surface area contributed by atoms with E-state index < -0.39 is 18.2 Å². The van der Waals surface area contributed by atoms with Crippen molar-refractivity contribution < 1.29 is 24.3 Å². The highest BCUT2D eigenvalue weighted by atomic mass is 16.7. The molecule has 1 aliphatic carbocycles. The third kappa shape index (κ3) is 2.74. The van der Waals surface area contributed by atoms with Gasteiger partial charge in [-0.1, -0.05) is 48.5 Å². The number of carbonyl (C=O) groups excluding carboxylic acids is 1. The third-order valence-electron chi connectivity index (χ3n) is 4.66. The summed E-state index contributed by atoms with van der Waals surface area (Å²) in [5.41, 5.74) is 4.56. The fourth-order valence-corrected chi connectivity index (χ4v) is 3.46. The molecule has 1 fully saturated rings. The van der Waals surface area contributed by atoms with Gasteiger partial charge in [-0.25, -0.2) is 9.59 Å². The van der Waals surface area contributed by atoms with E-state index in [2.05, 4.69) is 12.1 Å². The summed E-state index contributed by atoms with van der Waals surface area (Å²) in [5.74, 6) is -1.11. The molecule has 6 nitrogen and oxygen atoms in total. The number of nitrogens with zero attached hydrogens (tertiary/aromatic N) is 1. The summed E-state index contributed by atoms with van der Waals surface area (Å²) in [6, 6.07) is 16.2. The first-order valence-electron chi connectivity index (χ1n) is 8.17. The van der Waals surface area contributed by atoms with Crippen LogP contribution in [0.15, 0.2) is 48.5 Å². The summed E-state index contributed by atoms with van der Waals surface area (Å²) in [6.07, 6.45) is -1.37. The SMILES string of the molecule is O=C(O)C1CCN(C(=O)OCC2c3ccccc3-c3ccccc32)O1. The Morgan fingerprint density at radius 2 is 1.68 bits per heavy atom. The van der Waals surface area contributed by atoms with Gasteiger partial charge in [0.2, 0.25) is 0 Å². The molecule has 2 aromatic rings. The summed E-state index contributed by atoms with van der Waals surface area (Å²) in [7, 11) is 0. The molecule has 2 aliphatic rings. The topological polar surface area (TPSA) is 76.1 Å². The van der Waals surface area contributed by atoms with Gasteiger partial charge in [0.05, 0.1) is 6.54 Å². The largest absolute Gasteiger partial charge is 0.479 e. The van der Waals surface area contributed by atoms with Crippen LogP contribution in [0.4, 0.5) is 4.79 Å². The standard InChI is InChI=1S/C19H17NO5/c21-18(22)17-9-10-20(25-17)19(23)24-11-16-14-7-3-1-5-12(14)13-6-2-4-8-15(13)16/h1-8,16-17H,9-11H2,(H,21,22). The van der Waals surface area contributed by atoms with Crippen molar-refractivity contribution in [2.75, 3.05) is 13.2 Å². The fourth-order valence-electron chi connectivity index (χ4n) is 3.46. The Labute approximate surface area is 144 Å². The molecule has 4 rings (SSSR count). The average molecular weight is 339 g/mol. The van der Waals surface area contributed by atoms with Crippen molar-refractivity contribution in [2.45, 2.75) is 18.4 Å². The lowest BCUT2D eigenvalue weighted by Gasteiger charge is -2.18. The Kier molecular flexibility index (Phi) is 3.89. The highest BCUT2D eigenvalue weighted by Crippen LogP contribution is 2.44. The van der Waals surface area contributed by atoms with Gasteiger partial charge < -0.3 is 9.84 Å². The number of carboxylic acids is 1. The minimum absolute atomic E-state index is 0.0331. The van der Waals surface area contributed by atoms with Gasteiger partial charge in [-0.05, 0) is 22.3 Å². The number of rotatable bonds is 3. The normalized spacial score (nSPS) is 18.7. The molecule has 0 saturated carbocycles. The van der Waals surface area contributed by atoms with Crippen molar-refractivity contribution in [3.63, 3.8) is 0 Å². The van der Waals surface area contributed by atoms with E-state index in [9.17, 15) is 9.59 Å². The van der Waals surface area contributed by atoms with E-state index in [1.165, 1.54) is 0 Å². The molecule has 0 spiro atoms. The van der Waals surface area contributed by atoms with Gasteiger partial charge in [0.15, 0.2) is 6.10 Å². The predicted molar refractivity (Wildman–Crippen MR) is 88.9 cm³/mol. The molecule has 1 N–H and O–H groups in total. The Morgan fingerprint density at radius 1 is 1.08 bits per heavy atom. The van der Waals surface area contributed by atoms with Gasteiger partial charge in [0.1, 0.15) is 6.61 Å². The zero-order valence-electron chi connectivity index (χ0n) is 13.4. The number of carboxylic acid groups (broad SMARTS) is 1. The number of benzene rings is 2. The maximum absolute atomic E-state index is 12.2. The number of amides is 1. The minimum Gasteiger partial charge on any atom is -0.479 e. The van der Waals surface area contributed by atoms with Crippen LogP contribution in [-0.4, -0.2) is 41.5 Å². The zero-order chi connectivity index (χ0) is 17.4. The van der Waals surface area contributed by atoms with Crippen LogP contribution in [-0.2, 0) is 14.4 Å². The van der Waals surface area contributed by atoms with Crippen LogP contribution in [0.25, 0.3) is 11.1 Å². The highest BCUT2D eigenvalue weighted by Gasteiger charge is 2.35. The van der Waals surface area contributed by atoms with E-state index in [0.29, 0.717) is 0 Å². The predicted octanol–water partition coefficient (Wildman–Crippen LogP) is 3.03. The molecule has 0 aromatic heterocycles. The van der Waals surface area contributed by atoms with Crippen LogP contribution < -0.4 is 0 Å². The number of fused-ring (bicyclic) bond motifs is 3. The van der Waals surface area contributed by atoms with Crippen LogP contribution in [0, 0.1) is 0 Å². The second-order valence-corrected chi connectivity index (χ2v) is 6.13. The lowest BCUT2D eigenvalue weighted by molar-refractivity contribution is -0.169. The van der Waals surface area contributed by atoms with E-state index in [0.717, 1.165) is 27.3 Å². The zero-order valence-corrected chi connectivity index (χ0v) is 13.4. The maximum atomic E-state index is 12.2. The van der Waals surface area contributed by atoms with Gasteiger partial charge in [0, 0.05) is 12.3 Å². The van der Waals surface area contributed by atoms with Gasteiger partial charge in [0.25, 0.3) is 0 Å². The second kappa shape index (κ2) is 6.22. The average Bonchev–Trinajstić information content (AvgIpc) is 3.24. The van der Waals surface area contributed by atoms with Crippen LogP contribution in [0.1, 0.15) is 23.5 Å². The van der Waals surface area contributed by atoms with E-state index >= 15 is 0 Å². The van der Waals surface area contributed by atoms with Gasteiger partial charge >= 0.3 is 12.1 Å². The fraction of sp³-hybridized carbons (Fsp3) is 0.263. The lowest BCUT2D eigenvalue weighted by atomic mass is 9.98. The Morgan fingerprint density at radius 3 is 2.24 bits per heavy atom. The summed E-state index contributed by atoms with van der Waals surface area (Å²) in [6.45, 7) is 0.401. The number of hydrogen-bond donors (Lipinski definition) is 1. The number of ether oxygens (including phenoxy) is 1. The molecular weight excluding hydrogens is 322 g/mol. The van der Waals surface area contributed by atoms with Crippen molar-refractivity contribution in [1.82, 2.24) is 5.06 Å². The lowest BCUT2D eigenvalue weighted by Crippen LogP contribution is -2.31. The van der Waals surface area contributed by atoms with Crippen molar-refractivity contribution >= 4 is 12.1 Å². The van der Waals surface area contributed by atoms with Crippen LogP contribution in [0.2, 0.25) is 0 Å². The molecule has 2 aromatic carbocycles. The number of carbonyl (C=O) groups is 2. The third-order valence-corrected chi connectivity index (χ3v) is 4.66. The Hall–Kier alpha value is -2.86. The molecule has 0 bridgehead atoms. The quantitative estimate of drug-likeness (QED) is 0.930. The maximum Gasteiger partial charge on any atom is 0.433 e. The Bertz CT molecular complexity index is 789. The van der Waals surface area contributed by atoms with Crippen molar-refractivity contribution in [3.8, 4) is 11.1 Å². The first-order valence-corrected chi connectivity index (χ1v) is 8.17. The first kappa shape index (κ1) is 15.7. The smallest absolute Gasteiger partial charge is 0.433 e. The Balaban J connectivity index is 1.48. The monoisotopic (exact) mass is 339 g/mol. The summed E-state index contributed by atoms with van der Waals surface area (Å²) in [4.78, 5) is 28.2. The molecular formula is C19H17NO5. The molecule has 1 heterocycles. The molecule has 25 heavy (non-hydrogen) atoms. The number of aliphatic carboxylic acids is 1. The number of hydroxylamine groups is 2. The van der Waals surface area contributed by atoms with E-state index in [-0.39, 0.29) is 25.5 Å². The van der Waals surface area contributed by atoms with Crippen molar-refractivity contribution in [2.24, 2.45) is 0 Å². The van der Waals surface area contributed by atoms with Gasteiger partial charge in [-0.3, -0.25) is 4.84 Å². The van der Waals surface area contributed by atoms with Crippen molar-refractivity contribution in [3.05, 3.63) is 59.7 Å². The summed E-state index contributed by atoms with van der Waals surface area (Å²) >= 11 is 0. The first-order chi connectivity index (χ1) is 12.1. The van der Waals surface area contributed by atoms with Crippen molar-refractivity contribution in [1.29, 1.82) is 0 Å². The molecule has 1 unspecified atom stereocenters. The highest BCUT2D eigenvalue weighted by molar-refractivity contribution is 5.79. The van der Waals surface area contributed by atoms with E-state index in [4.69, 9.17) is 14.7 Å². The van der Waals surface area contributed by atoms with E-state index in [1.54, 1.807) is 0 Å². The molecule has 1 atom stereocenters. The van der Waals surface area contributed by atoms with Gasteiger partial charge in [-0.15, -0.1) is 0 Å². The van der Waals surface area contributed by atoms with E-state index in [1.807, 2.05) is 36.4 Å². The minimum atomic E-state index is -1.08. The molecule has 1 saturated heterocycles. The van der Waals surface area contributed by atoms with Crippen LogP contribution in [0.5, 0.6) is 0 Å². The summed E-state index contributed by atoms with van der Waals surface area (Å²) < 4.78 is 5.42. The van der Waals surface area contributed by atoms with Gasteiger partial charge in [-0.2, -0.15) is 5.06 Å².